The molecule has 100 valence electrons. The molecule has 0 heterocycles. The van der Waals surface area contributed by atoms with Crippen LogP contribution < -0.4 is 9.47 Å². The minimum atomic E-state index is -1.01. The summed E-state index contributed by atoms with van der Waals surface area (Å²) in [6.07, 6.45) is 0.497. The molecule has 0 radical (unpaired) electrons. The van der Waals surface area contributed by atoms with E-state index in [0.717, 1.165) is 0 Å². The van der Waals surface area contributed by atoms with Gasteiger partial charge in [-0.05, 0) is 25.5 Å². The first kappa shape index (κ1) is 14.2. The summed E-state index contributed by atoms with van der Waals surface area (Å²) in [5.74, 6) is 0.505. The van der Waals surface area contributed by atoms with Gasteiger partial charge < -0.3 is 14.6 Å². The van der Waals surface area contributed by atoms with Crippen LogP contribution in [-0.2, 0) is 0 Å². The average Bonchev–Trinajstić information content (AvgIpc) is 2.36. The minimum Gasteiger partial charge on any atom is -0.496 e. The third-order valence-corrected chi connectivity index (χ3v) is 2.66. The second-order valence-electron chi connectivity index (χ2n) is 4.23. The highest BCUT2D eigenvalue weighted by atomic mass is 16.6. The maximum absolute atomic E-state index is 10.9. The summed E-state index contributed by atoms with van der Waals surface area (Å²) >= 11 is 0. The van der Waals surface area contributed by atoms with Crippen molar-refractivity contribution < 1.29 is 19.5 Å². The number of nitrogens with zero attached hydrogens (tertiary/aromatic N) is 1. The predicted octanol–water partition coefficient (Wildman–Crippen LogP) is 2.14. The zero-order chi connectivity index (χ0) is 13.8. The molecular formula is C12H17NO5. The van der Waals surface area contributed by atoms with Gasteiger partial charge in [0.2, 0.25) is 0 Å². The van der Waals surface area contributed by atoms with Gasteiger partial charge in [-0.25, -0.2) is 0 Å². The highest BCUT2D eigenvalue weighted by Gasteiger charge is 2.22. The fourth-order valence-corrected chi connectivity index (χ4v) is 1.22. The van der Waals surface area contributed by atoms with Crippen molar-refractivity contribution in [2.45, 2.75) is 25.9 Å². The van der Waals surface area contributed by atoms with Gasteiger partial charge in [0.05, 0.1) is 23.7 Å². The Morgan fingerprint density at radius 1 is 1.50 bits per heavy atom. The topological polar surface area (TPSA) is 81.8 Å². The van der Waals surface area contributed by atoms with E-state index in [1.807, 2.05) is 6.92 Å². The summed E-state index contributed by atoms with van der Waals surface area (Å²) in [4.78, 5) is 10.3. The van der Waals surface area contributed by atoms with Gasteiger partial charge in [0.15, 0.2) is 5.75 Å². The van der Waals surface area contributed by atoms with Crippen LogP contribution in [0.4, 0.5) is 5.69 Å². The smallest absolute Gasteiger partial charge is 0.314 e. The first-order chi connectivity index (χ1) is 8.39. The molecule has 0 aliphatic heterocycles. The number of rotatable bonds is 6. The maximum atomic E-state index is 10.9. The van der Waals surface area contributed by atoms with E-state index in [4.69, 9.17) is 9.47 Å². The van der Waals surface area contributed by atoms with Crippen molar-refractivity contribution in [3.8, 4) is 11.5 Å². The normalized spacial score (nSPS) is 13.8. The van der Waals surface area contributed by atoms with Gasteiger partial charge >= 0.3 is 5.69 Å². The number of nitro benzene ring substituents is 1. The quantitative estimate of drug-likeness (QED) is 0.622. The van der Waals surface area contributed by atoms with E-state index in [9.17, 15) is 15.2 Å². The summed E-state index contributed by atoms with van der Waals surface area (Å²) in [5, 5.41) is 20.7. The van der Waals surface area contributed by atoms with E-state index >= 15 is 0 Å². The average molecular weight is 255 g/mol. The number of ether oxygens (including phenoxy) is 2. The lowest BCUT2D eigenvalue weighted by Crippen LogP contribution is -2.31. The number of methoxy groups -OCH3 is 1. The van der Waals surface area contributed by atoms with E-state index < -0.39 is 10.5 Å². The van der Waals surface area contributed by atoms with Crippen molar-refractivity contribution in [1.82, 2.24) is 0 Å². The van der Waals surface area contributed by atoms with E-state index in [0.29, 0.717) is 12.2 Å². The first-order valence-electron chi connectivity index (χ1n) is 5.57. The Labute approximate surface area is 105 Å². The van der Waals surface area contributed by atoms with Gasteiger partial charge in [0, 0.05) is 0 Å². The van der Waals surface area contributed by atoms with E-state index in [1.165, 1.54) is 19.2 Å². The number of hydrogen-bond donors (Lipinski definition) is 1. The Morgan fingerprint density at radius 2 is 2.17 bits per heavy atom. The third kappa shape index (κ3) is 3.59. The van der Waals surface area contributed by atoms with Crippen LogP contribution in [0.2, 0.25) is 0 Å². The molecule has 0 bridgehead atoms. The van der Waals surface area contributed by atoms with E-state index in [2.05, 4.69) is 0 Å². The Kier molecular flexibility index (Phi) is 4.49. The van der Waals surface area contributed by atoms with Crippen molar-refractivity contribution >= 4 is 5.69 Å². The van der Waals surface area contributed by atoms with E-state index in [1.54, 1.807) is 13.0 Å². The minimum absolute atomic E-state index is 0.00330. The van der Waals surface area contributed by atoms with Gasteiger partial charge in [0.25, 0.3) is 0 Å². The summed E-state index contributed by atoms with van der Waals surface area (Å²) < 4.78 is 10.2. The Balaban J connectivity index is 2.91. The largest absolute Gasteiger partial charge is 0.496 e. The van der Waals surface area contributed by atoms with Gasteiger partial charge in [-0.15, -0.1) is 0 Å². The van der Waals surface area contributed by atoms with Crippen LogP contribution in [0.15, 0.2) is 18.2 Å². The summed E-state index contributed by atoms with van der Waals surface area (Å²) in [6.45, 7) is 3.42. The molecule has 0 fully saturated rings. The molecule has 18 heavy (non-hydrogen) atoms. The van der Waals surface area contributed by atoms with Crippen molar-refractivity contribution in [3.05, 3.63) is 28.3 Å². The first-order valence-corrected chi connectivity index (χ1v) is 5.57. The number of hydrogen-bond acceptors (Lipinski definition) is 5. The zero-order valence-corrected chi connectivity index (χ0v) is 10.7. The summed E-state index contributed by atoms with van der Waals surface area (Å²) in [7, 11) is 1.43. The molecule has 1 atom stereocenters. The van der Waals surface area contributed by atoms with Crippen LogP contribution in [0, 0.1) is 10.1 Å². The molecular weight excluding hydrogens is 238 g/mol. The molecule has 0 aliphatic carbocycles. The Morgan fingerprint density at radius 3 is 2.67 bits per heavy atom. The van der Waals surface area contributed by atoms with Crippen LogP contribution in [0.5, 0.6) is 11.5 Å². The number of nitro groups is 1. The van der Waals surface area contributed by atoms with Crippen LogP contribution >= 0.6 is 0 Å². The number of aliphatic hydroxyl groups is 1. The highest BCUT2D eigenvalue weighted by Crippen LogP contribution is 2.31. The molecule has 0 spiro atoms. The van der Waals surface area contributed by atoms with Crippen molar-refractivity contribution in [2.75, 3.05) is 13.7 Å². The van der Waals surface area contributed by atoms with Crippen LogP contribution in [0.1, 0.15) is 20.3 Å². The Hall–Kier alpha value is -1.82. The van der Waals surface area contributed by atoms with Crippen LogP contribution in [0.3, 0.4) is 0 Å². The fourth-order valence-electron chi connectivity index (χ4n) is 1.22. The molecule has 0 saturated heterocycles. The van der Waals surface area contributed by atoms with Gasteiger partial charge in [0.1, 0.15) is 12.4 Å². The second kappa shape index (κ2) is 5.68. The highest BCUT2D eigenvalue weighted by molar-refractivity contribution is 5.50. The Bertz CT molecular complexity index is 430. The standard InChI is InChI=1S/C12H17NO5/c1-4-12(2,14)8-18-11-6-5-9(17-3)7-10(11)13(15)16/h5-7,14H,4,8H2,1-3H3. The molecule has 6 nitrogen and oxygen atoms in total. The van der Waals surface area contributed by atoms with Crippen LogP contribution in [0.25, 0.3) is 0 Å². The maximum Gasteiger partial charge on any atom is 0.314 e. The lowest BCUT2D eigenvalue weighted by Gasteiger charge is -2.21. The molecule has 1 unspecified atom stereocenters. The SMILES string of the molecule is CCC(C)(O)COc1ccc(OC)cc1[N+](=O)[O-]. The van der Waals surface area contributed by atoms with Gasteiger partial charge in [-0.2, -0.15) is 0 Å². The third-order valence-electron chi connectivity index (χ3n) is 2.66. The predicted molar refractivity (Wildman–Crippen MR) is 66.1 cm³/mol. The zero-order valence-electron chi connectivity index (χ0n) is 10.7. The molecule has 1 aromatic rings. The van der Waals surface area contributed by atoms with Crippen molar-refractivity contribution in [2.24, 2.45) is 0 Å². The molecule has 1 rings (SSSR count). The molecule has 1 aromatic carbocycles. The fraction of sp³-hybridized carbons (Fsp3) is 0.500. The summed E-state index contributed by atoms with van der Waals surface area (Å²) in [5.41, 5.74) is -1.19. The van der Waals surface area contributed by atoms with Crippen molar-refractivity contribution in [1.29, 1.82) is 0 Å². The van der Waals surface area contributed by atoms with E-state index in [-0.39, 0.29) is 18.0 Å². The molecule has 0 aliphatic rings. The van der Waals surface area contributed by atoms with Gasteiger partial charge in [-0.1, -0.05) is 6.92 Å². The number of benzene rings is 1. The molecule has 0 aromatic heterocycles. The van der Waals surface area contributed by atoms with Crippen molar-refractivity contribution in [3.63, 3.8) is 0 Å². The molecule has 0 saturated carbocycles. The lowest BCUT2D eigenvalue weighted by molar-refractivity contribution is -0.386. The molecule has 6 heteroatoms. The van der Waals surface area contributed by atoms with Crippen LogP contribution in [-0.4, -0.2) is 29.3 Å². The molecule has 1 N–H and O–H groups in total. The summed E-state index contributed by atoms with van der Waals surface area (Å²) in [6, 6.07) is 4.32. The monoisotopic (exact) mass is 255 g/mol. The second-order valence-corrected chi connectivity index (χ2v) is 4.23. The molecule has 0 amide bonds. The van der Waals surface area contributed by atoms with Gasteiger partial charge in [-0.3, -0.25) is 10.1 Å². The lowest BCUT2D eigenvalue weighted by atomic mass is 10.1.